The third-order valence-electron chi connectivity index (χ3n) is 6.16. The number of alkyl halides is 6. The molecule has 2 fully saturated rings. The molecule has 2 aliphatic rings. The summed E-state index contributed by atoms with van der Waals surface area (Å²) in [7, 11) is 2.23. The lowest BCUT2D eigenvalue weighted by molar-refractivity contribution is -0.193. The number of aliphatic carboxylic acids is 2. The van der Waals surface area contributed by atoms with Gasteiger partial charge >= 0.3 is 24.3 Å². The number of aromatic nitrogens is 2. The Morgan fingerprint density at radius 3 is 2.18 bits per heavy atom. The molecule has 0 aliphatic carbocycles. The zero-order valence-electron chi connectivity index (χ0n) is 19.9. The second-order valence-electron chi connectivity index (χ2n) is 8.85. The number of nitrogens with one attached hydrogen (secondary N) is 1. The number of benzene rings is 1. The highest BCUT2D eigenvalue weighted by Gasteiger charge is 2.40. The van der Waals surface area contributed by atoms with Crippen LogP contribution in [0.3, 0.4) is 0 Å². The van der Waals surface area contributed by atoms with Gasteiger partial charge in [0.2, 0.25) is 0 Å². The summed E-state index contributed by atoms with van der Waals surface area (Å²) in [5.41, 5.74) is 4.86. The van der Waals surface area contributed by atoms with Crippen molar-refractivity contribution < 1.29 is 46.1 Å². The van der Waals surface area contributed by atoms with Gasteiger partial charge in [0.15, 0.2) is 0 Å². The molecule has 8 nitrogen and oxygen atoms in total. The highest BCUT2D eigenvalue weighted by molar-refractivity contribution is 5.85. The van der Waals surface area contributed by atoms with Crippen LogP contribution in [0.5, 0.6) is 0 Å². The SMILES string of the molecule is CN1C[C@@H]2CCN(c3cncc(-c4ccc5cc[nH]c5c4)c3)[C@@H]2C1.O=C(O)C(F)(F)F.O=C(O)C(F)(F)F. The molecule has 2 aromatic heterocycles. The van der Waals surface area contributed by atoms with E-state index in [9.17, 15) is 26.3 Å². The third-order valence-corrected chi connectivity index (χ3v) is 6.16. The molecule has 5 rings (SSSR count). The van der Waals surface area contributed by atoms with E-state index < -0.39 is 24.3 Å². The maximum absolute atomic E-state index is 10.6. The Kier molecular flexibility index (Phi) is 8.54. The number of likely N-dealkylation sites (N-methyl/N-ethyl adjacent to an activating group) is 1. The van der Waals surface area contributed by atoms with E-state index in [2.05, 4.69) is 57.1 Å². The van der Waals surface area contributed by atoms with Crippen molar-refractivity contribution in [2.75, 3.05) is 31.6 Å². The molecule has 1 aromatic carbocycles. The first-order valence-corrected chi connectivity index (χ1v) is 11.2. The van der Waals surface area contributed by atoms with Crippen LogP contribution in [0.1, 0.15) is 6.42 Å². The summed E-state index contributed by atoms with van der Waals surface area (Å²) < 4.78 is 63.5. The van der Waals surface area contributed by atoms with Gasteiger partial charge in [-0.2, -0.15) is 26.3 Å². The van der Waals surface area contributed by atoms with Gasteiger partial charge in [-0.25, -0.2) is 9.59 Å². The lowest BCUT2D eigenvalue weighted by Crippen LogP contribution is -2.34. The molecule has 0 radical (unpaired) electrons. The maximum Gasteiger partial charge on any atom is 0.490 e. The standard InChI is InChI=1S/C20H22N4.2C2HF3O2/c1-23-12-16-5-7-24(20(16)13-23)18-8-17(10-21-11-18)15-3-2-14-4-6-22-19(14)9-15;2*3-2(4,5)1(6)7/h2-4,6,8-11,16,20,22H,5,7,12-13H2,1H3;2*(H,6,7)/t16-,20+;;/m0../s1. The van der Waals surface area contributed by atoms with E-state index in [1.165, 1.54) is 47.2 Å². The van der Waals surface area contributed by atoms with Crippen molar-refractivity contribution in [2.45, 2.75) is 24.8 Å². The Morgan fingerprint density at radius 1 is 0.947 bits per heavy atom. The number of halogens is 6. The smallest absolute Gasteiger partial charge is 0.475 e. The number of carboxylic acids is 2. The van der Waals surface area contributed by atoms with Gasteiger partial charge in [-0.3, -0.25) is 4.98 Å². The molecule has 3 aromatic rings. The molecule has 14 heteroatoms. The van der Waals surface area contributed by atoms with E-state index >= 15 is 0 Å². The number of fused-ring (bicyclic) bond motifs is 2. The fraction of sp³-hybridized carbons (Fsp3) is 0.375. The molecular formula is C24H24F6N4O4. The highest BCUT2D eigenvalue weighted by atomic mass is 19.4. The van der Waals surface area contributed by atoms with Gasteiger partial charge in [0.05, 0.1) is 11.9 Å². The van der Waals surface area contributed by atoms with Gasteiger partial charge in [0.1, 0.15) is 0 Å². The molecule has 0 spiro atoms. The summed E-state index contributed by atoms with van der Waals surface area (Å²) in [5, 5.41) is 15.5. The van der Waals surface area contributed by atoms with E-state index in [1.54, 1.807) is 0 Å². The number of aromatic amines is 1. The Morgan fingerprint density at radius 2 is 1.58 bits per heavy atom. The first kappa shape index (κ1) is 28.8. The third kappa shape index (κ3) is 7.15. The average molecular weight is 546 g/mol. The zero-order valence-corrected chi connectivity index (χ0v) is 19.9. The van der Waals surface area contributed by atoms with Crippen LogP contribution < -0.4 is 4.90 Å². The zero-order chi connectivity index (χ0) is 28.3. The van der Waals surface area contributed by atoms with Crippen LogP contribution >= 0.6 is 0 Å². The van der Waals surface area contributed by atoms with E-state index in [1.807, 2.05) is 18.6 Å². The topological polar surface area (TPSA) is 110 Å². The number of rotatable bonds is 2. The van der Waals surface area contributed by atoms with Gasteiger partial charge in [0, 0.05) is 49.1 Å². The van der Waals surface area contributed by atoms with Gasteiger partial charge in [-0.15, -0.1) is 0 Å². The lowest BCUT2D eigenvalue weighted by Gasteiger charge is -2.26. The minimum absolute atomic E-state index is 0.651. The molecule has 38 heavy (non-hydrogen) atoms. The van der Waals surface area contributed by atoms with Gasteiger partial charge < -0.3 is 25.0 Å². The van der Waals surface area contributed by atoms with Crippen LogP contribution in [0.15, 0.2) is 48.9 Å². The second kappa shape index (κ2) is 11.3. The normalized spacial score (nSPS) is 19.3. The maximum atomic E-state index is 10.6. The van der Waals surface area contributed by atoms with Crippen molar-refractivity contribution in [1.82, 2.24) is 14.9 Å². The summed E-state index contributed by atoms with van der Waals surface area (Å²) in [6, 6.07) is 11.6. The van der Waals surface area contributed by atoms with Crippen molar-refractivity contribution in [3.05, 3.63) is 48.9 Å². The number of H-pyrrole nitrogens is 1. The first-order chi connectivity index (χ1) is 17.7. The van der Waals surface area contributed by atoms with Crippen LogP contribution in [0.2, 0.25) is 0 Å². The number of likely N-dealkylation sites (tertiary alicyclic amines) is 1. The fourth-order valence-electron chi connectivity index (χ4n) is 4.46. The van der Waals surface area contributed by atoms with Crippen molar-refractivity contribution in [3.63, 3.8) is 0 Å². The van der Waals surface area contributed by atoms with Crippen LogP contribution in [-0.2, 0) is 9.59 Å². The molecule has 0 bridgehead atoms. The van der Waals surface area contributed by atoms with Crippen molar-refractivity contribution in [1.29, 1.82) is 0 Å². The molecule has 206 valence electrons. The summed E-state index contributed by atoms with van der Waals surface area (Å²) >= 11 is 0. The minimum atomic E-state index is -5.08. The van der Waals surface area contributed by atoms with Crippen molar-refractivity contribution >= 4 is 28.5 Å². The number of hydrogen-bond acceptors (Lipinski definition) is 5. The molecule has 4 heterocycles. The highest BCUT2D eigenvalue weighted by Crippen LogP contribution is 2.35. The predicted molar refractivity (Wildman–Crippen MR) is 126 cm³/mol. The molecule has 2 atom stereocenters. The number of carboxylic acid groups (broad SMARTS) is 2. The minimum Gasteiger partial charge on any atom is -0.475 e. The van der Waals surface area contributed by atoms with Gasteiger partial charge in [0.25, 0.3) is 0 Å². The van der Waals surface area contributed by atoms with Crippen molar-refractivity contribution in [2.24, 2.45) is 5.92 Å². The summed E-state index contributed by atoms with van der Waals surface area (Å²) in [4.78, 5) is 30.7. The number of carbonyl (C=O) groups is 2. The molecular weight excluding hydrogens is 522 g/mol. The van der Waals surface area contributed by atoms with E-state index in [0.29, 0.717) is 6.04 Å². The lowest BCUT2D eigenvalue weighted by atomic mass is 10.0. The fourth-order valence-corrected chi connectivity index (χ4v) is 4.46. The van der Waals surface area contributed by atoms with Crippen LogP contribution in [0.25, 0.3) is 22.0 Å². The first-order valence-electron chi connectivity index (χ1n) is 11.2. The molecule has 0 unspecified atom stereocenters. The number of anilines is 1. The molecule has 0 amide bonds. The Labute approximate surface area is 212 Å². The van der Waals surface area contributed by atoms with Crippen molar-refractivity contribution in [3.8, 4) is 11.1 Å². The summed E-state index contributed by atoms with van der Waals surface area (Å²) in [6.45, 7) is 3.56. The van der Waals surface area contributed by atoms with E-state index in [-0.39, 0.29) is 0 Å². The second-order valence-corrected chi connectivity index (χ2v) is 8.85. The largest absolute Gasteiger partial charge is 0.490 e. The van der Waals surface area contributed by atoms with E-state index in [4.69, 9.17) is 19.8 Å². The molecule has 2 saturated heterocycles. The molecule has 0 saturated carbocycles. The quantitative estimate of drug-likeness (QED) is 0.402. The summed E-state index contributed by atoms with van der Waals surface area (Å²) in [5.74, 6) is -4.70. The Bertz CT molecular complexity index is 1250. The molecule has 3 N–H and O–H groups in total. The predicted octanol–water partition coefficient (Wildman–Crippen LogP) is 4.64. The van der Waals surface area contributed by atoms with Crippen LogP contribution in [0.4, 0.5) is 32.0 Å². The van der Waals surface area contributed by atoms with Gasteiger partial charge in [-0.1, -0.05) is 12.1 Å². The number of pyridine rings is 1. The van der Waals surface area contributed by atoms with Crippen LogP contribution in [-0.4, -0.2) is 82.1 Å². The summed E-state index contributed by atoms with van der Waals surface area (Å²) in [6.07, 6.45) is -2.88. The Hall–Kier alpha value is -3.81. The van der Waals surface area contributed by atoms with Crippen LogP contribution in [0, 0.1) is 5.92 Å². The number of nitrogens with zero attached hydrogens (tertiary/aromatic N) is 3. The molecule has 2 aliphatic heterocycles. The number of hydrogen-bond donors (Lipinski definition) is 3. The monoisotopic (exact) mass is 546 g/mol. The average Bonchev–Trinajstić information content (AvgIpc) is 3.53. The Balaban J connectivity index is 0.000000239. The van der Waals surface area contributed by atoms with E-state index in [0.717, 1.165) is 12.5 Å². The van der Waals surface area contributed by atoms with Gasteiger partial charge in [-0.05, 0) is 48.5 Å².